The summed E-state index contributed by atoms with van der Waals surface area (Å²) in [6.45, 7) is 9.56. The number of nitrogens with one attached hydrogen (secondary N) is 3. The minimum atomic E-state index is -1.64. The summed E-state index contributed by atoms with van der Waals surface area (Å²) in [5, 5.41) is 20.3. The van der Waals surface area contributed by atoms with Crippen molar-refractivity contribution in [3.63, 3.8) is 0 Å². The van der Waals surface area contributed by atoms with E-state index in [-0.39, 0.29) is 91.6 Å². The van der Waals surface area contributed by atoms with Crippen LogP contribution in [-0.4, -0.2) is 129 Å². The van der Waals surface area contributed by atoms with Gasteiger partial charge in [-0.15, -0.1) is 0 Å². The molecule has 450 valence electrons. The van der Waals surface area contributed by atoms with Gasteiger partial charge in [0.2, 0.25) is 11.8 Å². The number of carbonyl (C=O) groups is 8. The van der Waals surface area contributed by atoms with Crippen LogP contribution in [0, 0.1) is 23.7 Å². The average Bonchev–Trinajstić information content (AvgIpc) is 3.61. The van der Waals surface area contributed by atoms with Crippen LogP contribution < -0.4 is 31.3 Å². The zero-order chi connectivity index (χ0) is 60.1. The maximum Gasteiger partial charge on any atom is 0.412 e. The van der Waals surface area contributed by atoms with Crippen LogP contribution in [0.3, 0.4) is 0 Å². The number of nitrogens with two attached hydrogens (primary N) is 1. The molecule has 82 heavy (non-hydrogen) atoms. The number of halogens is 2. The number of fused-ring (bicyclic) bond motifs is 5. The molecule has 3 heterocycles. The molecule has 9 atom stereocenters. The highest BCUT2D eigenvalue weighted by atomic mass is 79.9. The summed E-state index contributed by atoms with van der Waals surface area (Å²) in [4.78, 5) is 108. The normalized spacial score (nSPS) is 25.6. The quantitative estimate of drug-likeness (QED) is 0.0302. The molecule has 3 fully saturated rings. The van der Waals surface area contributed by atoms with Crippen LogP contribution in [0.15, 0.2) is 58.6 Å². The zero-order valence-electron chi connectivity index (χ0n) is 48.3. The molecule has 4 bridgehead atoms. The van der Waals surface area contributed by atoms with E-state index in [4.69, 9.17) is 45.8 Å². The molecule has 6 N–H and O–H groups in total. The molecule has 3 aliphatic heterocycles. The number of esters is 2. The van der Waals surface area contributed by atoms with Crippen molar-refractivity contribution in [3.05, 3.63) is 74.8 Å². The molecule has 22 heteroatoms. The summed E-state index contributed by atoms with van der Waals surface area (Å²) in [6.07, 6.45) is 5.69. The molecule has 20 nitrogen and oxygen atoms in total. The predicted octanol–water partition coefficient (Wildman–Crippen LogP) is 8.57. The van der Waals surface area contributed by atoms with Crippen molar-refractivity contribution in [2.24, 2.45) is 29.4 Å². The van der Waals surface area contributed by atoms with Gasteiger partial charge in [0.15, 0.2) is 5.78 Å². The van der Waals surface area contributed by atoms with Crippen molar-refractivity contribution in [3.8, 4) is 5.75 Å². The maximum atomic E-state index is 14.4. The predicted molar refractivity (Wildman–Crippen MR) is 310 cm³/mol. The molecule has 5 amide bonds. The number of anilines is 2. The zero-order valence-corrected chi connectivity index (χ0v) is 50.6. The van der Waals surface area contributed by atoms with E-state index < -0.39 is 83.4 Å². The molecule has 2 aromatic carbocycles. The van der Waals surface area contributed by atoms with Crippen molar-refractivity contribution in [2.45, 2.75) is 173 Å². The highest BCUT2D eigenvalue weighted by molar-refractivity contribution is 9.10. The molecule has 6 rings (SSSR count). The number of amides is 5. The number of epoxide rings is 1. The Kier molecular flexibility index (Phi) is 23.6. The Labute approximate surface area is 493 Å². The molecular weight excluding hydrogens is 1150 g/mol. The van der Waals surface area contributed by atoms with Gasteiger partial charge in [0.05, 0.1) is 50.3 Å². The lowest BCUT2D eigenvalue weighted by Crippen LogP contribution is -2.53. The molecule has 0 radical (unpaired) electrons. The van der Waals surface area contributed by atoms with E-state index in [0.717, 1.165) is 30.4 Å². The van der Waals surface area contributed by atoms with Gasteiger partial charge >= 0.3 is 24.1 Å². The number of nitrogens with zero attached hydrogens (tertiary/aromatic N) is 1. The molecule has 1 saturated carbocycles. The van der Waals surface area contributed by atoms with E-state index in [2.05, 4.69) is 31.9 Å². The van der Waals surface area contributed by atoms with E-state index in [1.54, 1.807) is 63.4 Å². The van der Waals surface area contributed by atoms with Crippen LogP contribution in [0.1, 0.15) is 129 Å². The van der Waals surface area contributed by atoms with Crippen molar-refractivity contribution in [2.75, 3.05) is 44.6 Å². The number of Topliss-reactive ketones (excluding diaryl/α,β-unsaturated/α-hetero) is 2. The minimum absolute atomic E-state index is 0.00475. The van der Waals surface area contributed by atoms with Gasteiger partial charge in [0.25, 0.3) is 0 Å². The van der Waals surface area contributed by atoms with Gasteiger partial charge in [0, 0.05) is 68.4 Å². The smallest absolute Gasteiger partial charge is 0.412 e. The third kappa shape index (κ3) is 17.6. The Morgan fingerprint density at radius 1 is 1.04 bits per heavy atom. The number of aliphatic hydroxyl groups is 1. The summed E-state index contributed by atoms with van der Waals surface area (Å²) in [5.74, 6) is -3.31. The van der Waals surface area contributed by atoms with Gasteiger partial charge in [-0.05, 0) is 107 Å². The van der Waals surface area contributed by atoms with Gasteiger partial charge in [0.1, 0.15) is 46.1 Å². The Morgan fingerprint density at radius 2 is 1.78 bits per heavy atom. The van der Waals surface area contributed by atoms with Gasteiger partial charge < -0.3 is 54.8 Å². The average molecular weight is 1230 g/mol. The van der Waals surface area contributed by atoms with Crippen molar-refractivity contribution in [1.82, 2.24) is 10.6 Å². The summed E-state index contributed by atoms with van der Waals surface area (Å²) in [6, 6.07) is 6.59. The maximum absolute atomic E-state index is 14.4. The molecule has 2 aromatic rings. The van der Waals surface area contributed by atoms with Crippen LogP contribution in [0.4, 0.5) is 21.0 Å². The van der Waals surface area contributed by atoms with Crippen molar-refractivity contribution < 1.29 is 71.9 Å². The number of ether oxygens (including phenoxy) is 6. The lowest BCUT2D eigenvalue weighted by Gasteiger charge is -2.41. The molecule has 4 aliphatic rings. The SMILES string of the molecule is COc1cc2cc(c1Cl)N(C)C(=O)C[C@H](OC(=O)Nc1ccc(CC(=O)[C@H](CCCNC(N)=O)NC(=O)[C@@H](CC(=O)CCCCCOC(=O)C3CCC3)C(C)C)c(Br)c1)[C@]1(C)O[C@H]1[C@H](C)[C@@H]1C[C@@](O)(CC(=O)O1)[C@H](OC)/C=C/C=C(\C)C2. The van der Waals surface area contributed by atoms with Gasteiger partial charge in [-0.2, -0.15) is 0 Å². The number of unbranched alkanes of at least 4 members (excludes halogenated alkanes) is 2. The fourth-order valence-electron chi connectivity index (χ4n) is 10.8. The number of primary amides is 1. The molecule has 1 aliphatic carbocycles. The largest absolute Gasteiger partial charge is 0.495 e. The minimum Gasteiger partial charge on any atom is -0.495 e. The number of hydrogen-bond acceptors (Lipinski definition) is 15. The fourth-order valence-corrected chi connectivity index (χ4v) is 11.7. The number of rotatable bonds is 23. The standard InChI is InChI=1S/C60H81BrClN5O15/c1-34(2)42(30-41(68)18-10-9-11-24-79-56(73)38-16-13-17-38)55(72)66-44(19-14-23-64-57(63)74)46(69)28-39-21-22-40(29-43(39)61)65-58(75)81-50-31-51(70)67(6)45-26-37(27-47(77-7)53(45)62)25-35(3)15-12-20-49(78-8)60(76)32-48(80-52(71)33-60)36(4)54-59(50,5)82-54/h12,15,20-22,26-27,29,34,36,38,42,44,48-50,54,76H,9-11,13-14,16-19,23-25,28,30-33H2,1-8H3,(H,65,75)(H,66,72)(H3,63,64,74)/b20-12+,35-15+/t36-,42+,44+,48+,49-,50+,54+,59+,60-/m1/s1. The number of methoxy groups -OCH3 is 2. The second-order valence-corrected chi connectivity index (χ2v) is 24.0. The summed E-state index contributed by atoms with van der Waals surface area (Å²) in [7, 11) is 4.48. The third-order valence-corrected chi connectivity index (χ3v) is 17.3. The Bertz CT molecular complexity index is 2740. The van der Waals surface area contributed by atoms with Gasteiger partial charge in [-0.1, -0.05) is 84.6 Å². The van der Waals surface area contributed by atoms with Crippen LogP contribution >= 0.6 is 27.5 Å². The lowest BCUT2D eigenvalue weighted by molar-refractivity contribution is -0.187. The number of ketones is 2. The second kappa shape index (κ2) is 29.6. The van der Waals surface area contributed by atoms with Crippen molar-refractivity contribution >= 4 is 86.3 Å². The second-order valence-electron chi connectivity index (χ2n) is 22.8. The van der Waals surface area contributed by atoms with E-state index in [1.807, 2.05) is 26.8 Å². The first-order valence-corrected chi connectivity index (χ1v) is 29.4. The van der Waals surface area contributed by atoms with E-state index in [9.17, 15) is 43.5 Å². The lowest BCUT2D eigenvalue weighted by atomic mass is 9.78. The van der Waals surface area contributed by atoms with E-state index in [0.29, 0.717) is 60.2 Å². The number of benzene rings is 2. The molecule has 0 aromatic heterocycles. The first kappa shape index (κ1) is 65.3. The molecule has 0 spiro atoms. The first-order chi connectivity index (χ1) is 38.9. The number of allylic oxidation sites excluding steroid dienone is 3. The van der Waals surface area contributed by atoms with Crippen LogP contribution in [0.25, 0.3) is 0 Å². The van der Waals surface area contributed by atoms with Crippen LogP contribution in [0.5, 0.6) is 5.75 Å². The summed E-state index contributed by atoms with van der Waals surface area (Å²) >= 11 is 10.4. The van der Waals surface area contributed by atoms with Crippen LogP contribution in [-0.2, 0) is 65.3 Å². The Morgan fingerprint density at radius 3 is 2.44 bits per heavy atom. The highest BCUT2D eigenvalue weighted by Crippen LogP contribution is 2.50. The number of hydrogen-bond donors (Lipinski definition) is 5. The molecular formula is C60H81BrClN5O15. The topological polar surface area (TPSA) is 281 Å². The highest BCUT2D eigenvalue weighted by Gasteiger charge is 2.64. The number of urea groups is 1. The summed E-state index contributed by atoms with van der Waals surface area (Å²) in [5.41, 5.74) is 5.15. The Hall–Kier alpha value is -5.87. The fraction of sp³-hybridized carbons (Fsp3) is 0.600. The summed E-state index contributed by atoms with van der Waals surface area (Å²) < 4.78 is 35.5. The number of carbonyl (C=O) groups excluding carboxylic acids is 8. The van der Waals surface area contributed by atoms with E-state index in [1.165, 1.54) is 19.1 Å². The monoisotopic (exact) mass is 1230 g/mol. The first-order valence-electron chi connectivity index (χ1n) is 28.3. The molecule has 0 unspecified atom stereocenters. The molecule has 2 saturated heterocycles. The van der Waals surface area contributed by atoms with Crippen LogP contribution in [0.2, 0.25) is 5.02 Å². The van der Waals surface area contributed by atoms with E-state index >= 15 is 0 Å². The van der Waals surface area contributed by atoms with Crippen molar-refractivity contribution in [1.29, 1.82) is 0 Å². The van der Waals surface area contributed by atoms with Gasteiger partial charge in [-0.3, -0.25) is 34.1 Å². The third-order valence-electron chi connectivity index (χ3n) is 16.2. The van der Waals surface area contributed by atoms with Gasteiger partial charge in [-0.25, -0.2) is 9.59 Å². The Balaban J connectivity index is 1.15.